The number of hydrogen-bond acceptors (Lipinski definition) is 7. The Morgan fingerprint density at radius 3 is 2.77 bits per heavy atom. The molecule has 0 bridgehead atoms. The first-order valence-corrected chi connectivity index (χ1v) is 12.8. The number of halogens is 1. The second-order valence-electron chi connectivity index (χ2n) is 8.73. The van der Waals surface area contributed by atoms with E-state index in [1.165, 1.54) is 17.3 Å². The number of H-pyrrole nitrogens is 1. The van der Waals surface area contributed by atoms with Gasteiger partial charge in [0, 0.05) is 48.0 Å². The summed E-state index contributed by atoms with van der Waals surface area (Å²) in [4.78, 5) is 25.3. The van der Waals surface area contributed by atoms with E-state index in [4.69, 9.17) is 27.3 Å². The maximum atomic E-state index is 6.81. The van der Waals surface area contributed by atoms with Gasteiger partial charge in [-0.05, 0) is 41.9 Å². The van der Waals surface area contributed by atoms with Gasteiger partial charge in [0.1, 0.15) is 11.5 Å². The van der Waals surface area contributed by atoms with E-state index < -0.39 is 0 Å². The molecule has 1 saturated heterocycles. The molecular formula is C26H24ClN7S. The Kier molecular flexibility index (Phi) is 5.80. The van der Waals surface area contributed by atoms with Crippen molar-refractivity contribution in [3.8, 4) is 0 Å². The maximum absolute atomic E-state index is 6.81. The van der Waals surface area contributed by atoms with E-state index in [1.807, 2.05) is 30.5 Å². The quantitative estimate of drug-likeness (QED) is 0.319. The lowest BCUT2D eigenvalue weighted by Gasteiger charge is -2.19. The first-order chi connectivity index (χ1) is 17.1. The summed E-state index contributed by atoms with van der Waals surface area (Å²) < 4.78 is 0. The molecule has 1 aliphatic heterocycles. The Morgan fingerprint density at radius 1 is 1.09 bits per heavy atom. The standard InChI is InChI=1S/C26H24ClN7S/c1-2-19-23(27)22-24(31-19)32-26(35-16-11-21-20(30-12-16)9-6-10-29-21)33-25(22)34-13-17(18(28)14-34)15-7-4-3-5-8-15/h3-12,17-18H,2,13-14,28H2,1H3,(H,31,32,33)/t17-,18+/m1/s1. The molecule has 5 aromatic rings. The molecule has 1 aromatic carbocycles. The zero-order chi connectivity index (χ0) is 23.9. The van der Waals surface area contributed by atoms with E-state index in [0.29, 0.717) is 16.7 Å². The Balaban J connectivity index is 1.41. The molecule has 0 radical (unpaired) electrons. The fraction of sp³-hybridized carbons (Fsp3) is 0.231. The van der Waals surface area contributed by atoms with Gasteiger partial charge in [-0.2, -0.15) is 0 Å². The Labute approximate surface area is 212 Å². The highest BCUT2D eigenvalue weighted by Crippen LogP contribution is 2.39. The van der Waals surface area contributed by atoms with Crippen LogP contribution in [0.2, 0.25) is 5.02 Å². The number of hydrogen-bond donors (Lipinski definition) is 2. The van der Waals surface area contributed by atoms with Crippen LogP contribution in [0, 0.1) is 0 Å². The van der Waals surface area contributed by atoms with E-state index in [0.717, 1.165) is 51.4 Å². The average Bonchev–Trinajstić information content (AvgIpc) is 3.43. The van der Waals surface area contributed by atoms with Crippen molar-refractivity contribution in [2.45, 2.75) is 35.4 Å². The number of aryl methyl sites for hydroxylation is 1. The van der Waals surface area contributed by atoms with Crippen molar-refractivity contribution in [1.82, 2.24) is 24.9 Å². The van der Waals surface area contributed by atoms with E-state index in [2.05, 4.69) is 51.0 Å². The molecule has 0 spiro atoms. The van der Waals surface area contributed by atoms with Crippen molar-refractivity contribution in [2.75, 3.05) is 18.0 Å². The molecular weight excluding hydrogens is 478 g/mol. The first kappa shape index (κ1) is 22.3. The maximum Gasteiger partial charge on any atom is 0.196 e. The van der Waals surface area contributed by atoms with Gasteiger partial charge in [-0.3, -0.25) is 9.97 Å². The highest BCUT2D eigenvalue weighted by molar-refractivity contribution is 7.99. The van der Waals surface area contributed by atoms with Crippen LogP contribution in [0.3, 0.4) is 0 Å². The van der Waals surface area contributed by atoms with Crippen molar-refractivity contribution in [2.24, 2.45) is 5.73 Å². The minimum atomic E-state index is -0.00218. The number of benzene rings is 1. The number of aromatic amines is 1. The van der Waals surface area contributed by atoms with Gasteiger partial charge in [0.25, 0.3) is 0 Å². The first-order valence-electron chi connectivity index (χ1n) is 11.6. The molecule has 176 valence electrons. The Hall–Kier alpha value is -3.20. The Morgan fingerprint density at radius 2 is 1.94 bits per heavy atom. The topological polar surface area (TPSA) is 96.6 Å². The van der Waals surface area contributed by atoms with Gasteiger partial charge in [-0.25, -0.2) is 9.97 Å². The summed E-state index contributed by atoms with van der Waals surface area (Å²) in [7, 11) is 0. The second kappa shape index (κ2) is 9.11. The van der Waals surface area contributed by atoms with Gasteiger partial charge in [-0.15, -0.1) is 0 Å². The molecule has 0 saturated carbocycles. The molecule has 1 aliphatic rings. The van der Waals surface area contributed by atoms with Gasteiger partial charge in [-0.1, -0.05) is 48.9 Å². The van der Waals surface area contributed by atoms with Crippen LogP contribution < -0.4 is 10.6 Å². The zero-order valence-electron chi connectivity index (χ0n) is 19.1. The van der Waals surface area contributed by atoms with Crippen LogP contribution in [-0.4, -0.2) is 44.1 Å². The molecule has 2 atom stereocenters. The van der Waals surface area contributed by atoms with Crippen LogP contribution in [0.15, 0.2) is 71.0 Å². The molecule has 35 heavy (non-hydrogen) atoms. The normalized spacial score (nSPS) is 18.1. The molecule has 7 nitrogen and oxygen atoms in total. The number of rotatable bonds is 5. The summed E-state index contributed by atoms with van der Waals surface area (Å²) in [5.41, 5.74) is 11.3. The van der Waals surface area contributed by atoms with E-state index in [1.54, 1.807) is 6.20 Å². The van der Waals surface area contributed by atoms with Crippen LogP contribution in [0.4, 0.5) is 5.82 Å². The molecule has 4 aromatic heterocycles. The highest BCUT2D eigenvalue weighted by atomic mass is 35.5. The van der Waals surface area contributed by atoms with E-state index in [9.17, 15) is 0 Å². The average molecular weight is 502 g/mol. The van der Waals surface area contributed by atoms with Crippen LogP contribution in [0.25, 0.3) is 22.1 Å². The number of nitrogens with one attached hydrogen (secondary N) is 1. The van der Waals surface area contributed by atoms with Crippen LogP contribution in [0.1, 0.15) is 24.1 Å². The molecule has 6 rings (SSSR count). The lowest BCUT2D eigenvalue weighted by molar-refractivity contribution is 0.653. The summed E-state index contributed by atoms with van der Waals surface area (Å²) in [5.74, 6) is 1.04. The zero-order valence-corrected chi connectivity index (χ0v) is 20.7. The molecule has 5 heterocycles. The van der Waals surface area contributed by atoms with Gasteiger partial charge in [0.2, 0.25) is 0 Å². The smallest absolute Gasteiger partial charge is 0.196 e. The summed E-state index contributed by atoms with van der Waals surface area (Å²) in [6, 6.07) is 16.3. The number of aromatic nitrogens is 5. The molecule has 3 N–H and O–H groups in total. The van der Waals surface area contributed by atoms with Gasteiger partial charge >= 0.3 is 0 Å². The fourth-order valence-corrected chi connectivity index (χ4v) is 5.85. The van der Waals surface area contributed by atoms with E-state index in [-0.39, 0.29) is 12.0 Å². The summed E-state index contributed by atoms with van der Waals surface area (Å²) in [5, 5.41) is 2.16. The van der Waals surface area contributed by atoms with Crippen molar-refractivity contribution >= 4 is 51.2 Å². The molecule has 0 unspecified atom stereocenters. The Bertz CT molecular complexity index is 1520. The molecule has 0 amide bonds. The number of pyridine rings is 2. The summed E-state index contributed by atoms with van der Waals surface area (Å²) in [6.45, 7) is 3.54. The van der Waals surface area contributed by atoms with Crippen molar-refractivity contribution in [3.63, 3.8) is 0 Å². The van der Waals surface area contributed by atoms with Crippen LogP contribution in [0.5, 0.6) is 0 Å². The summed E-state index contributed by atoms with van der Waals surface area (Å²) in [6.07, 6.45) is 4.38. The van der Waals surface area contributed by atoms with Gasteiger partial charge in [0.05, 0.1) is 21.4 Å². The monoisotopic (exact) mass is 501 g/mol. The predicted molar refractivity (Wildman–Crippen MR) is 141 cm³/mol. The predicted octanol–water partition coefficient (Wildman–Crippen LogP) is 5.20. The lowest BCUT2D eigenvalue weighted by Crippen LogP contribution is -2.29. The van der Waals surface area contributed by atoms with Crippen LogP contribution in [-0.2, 0) is 6.42 Å². The SMILES string of the molecule is CCc1[nH]c2nc(Sc3cnc4cccnc4c3)nc(N3C[C@H](c4ccccc4)[C@@H](N)C3)c2c1Cl. The molecule has 9 heteroatoms. The highest BCUT2D eigenvalue weighted by Gasteiger charge is 2.34. The number of nitrogens with two attached hydrogens (primary N) is 1. The second-order valence-corrected chi connectivity index (χ2v) is 10.1. The number of nitrogens with zero attached hydrogens (tertiary/aromatic N) is 5. The largest absolute Gasteiger partial charge is 0.354 e. The number of anilines is 1. The van der Waals surface area contributed by atoms with Crippen LogP contribution >= 0.6 is 23.4 Å². The van der Waals surface area contributed by atoms with Gasteiger partial charge < -0.3 is 15.6 Å². The third-order valence-electron chi connectivity index (χ3n) is 6.50. The van der Waals surface area contributed by atoms with Crippen molar-refractivity contribution in [1.29, 1.82) is 0 Å². The van der Waals surface area contributed by atoms with E-state index >= 15 is 0 Å². The summed E-state index contributed by atoms with van der Waals surface area (Å²) >= 11 is 8.28. The lowest BCUT2D eigenvalue weighted by atomic mass is 9.95. The fourth-order valence-electron chi connectivity index (χ4n) is 4.74. The minimum absolute atomic E-state index is 0.00218. The van der Waals surface area contributed by atoms with Crippen molar-refractivity contribution < 1.29 is 0 Å². The third-order valence-corrected chi connectivity index (χ3v) is 7.75. The number of fused-ring (bicyclic) bond motifs is 2. The molecule has 0 aliphatic carbocycles. The molecule has 1 fully saturated rings. The third kappa shape index (κ3) is 4.11. The van der Waals surface area contributed by atoms with Crippen molar-refractivity contribution in [3.05, 3.63) is 77.2 Å². The van der Waals surface area contributed by atoms with Gasteiger partial charge in [0.15, 0.2) is 5.16 Å². The minimum Gasteiger partial charge on any atom is -0.354 e.